The maximum Gasteiger partial charge on any atom is 0.338 e. The number of aromatic carboxylic acids is 1. The standard InChI is InChI=1S/C13H8BrFO2S/c14-10-2-1-3-11(12(10)13(16)17)18-9-6-4-8(15)5-7-9/h1-7H,(H,16,17). The number of halogens is 2. The molecule has 1 N–H and O–H groups in total. The van der Waals surface area contributed by atoms with E-state index in [9.17, 15) is 9.18 Å². The Morgan fingerprint density at radius 2 is 1.83 bits per heavy atom. The van der Waals surface area contributed by atoms with E-state index in [1.807, 2.05) is 0 Å². The third-order valence-corrected chi connectivity index (χ3v) is 3.96. The molecule has 0 bridgehead atoms. The molecule has 0 aliphatic heterocycles. The minimum absolute atomic E-state index is 0.215. The maximum atomic E-state index is 12.8. The number of hydrogen-bond donors (Lipinski definition) is 1. The van der Waals surface area contributed by atoms with Gasteiger partial charge in [0.15, 0.2) is 0 Å². The Hall–Kier alpha value is -1.33. The van der Waals surface area contributed by atoms with E-state index in [0.29, 0.717) is 9.37 Å². The molecule has 18 heavy (non-hydrogen) atoms. The van der Waals surface area contributed by atoms with Gasteiger partial charge in [-0.05, 0) is 52.3 Å². The van der Waals surface area contributed by atoms with Gasteiger partial charge in [-0.1, -0.05) is 17.8 Å². The number of carboxylic acid groups (broad SMARTS) is 1. The van der Waals surface area contributed by atoms with Crippen molar-refractivity contribution >= 4 is 33.7 Å². The highest BCUT2D eigenvalue weighted by atomic mass is 79.9. The van der Waals surface area contributed by atoms with E-state index in [-0.39, 0.29) is 11.4 Å². The predicted molar refractivity (Wildman–Crippen MR) is 71.6 cm³/mol. The van der Waals surface area contributed by atoms with Crippen LogP contribution in [0.5, 0.6) is 0 Å². The smallest absolute Gasteiger partial charge is 0.338 e. The SMILES string of the molecule is O=C(O)c1c(Br)cccc1Sc1ccc(F)cc1. The summed E-state index contributed by atoms with van der Waals surface area (Å²) in [6.07, 6.45) is 0. The maximum absolute atomic E-state index is 12.8. The normalized spacial score (nSPS) is 10.3. The van der Waals surface area contributed by atoms with Crippen LogP contribution in [0, 0.1) is 5.82 Å². The monoisotopic (exact) mass is 326 g/mol. The molecule has 0 spiro atoms. The third kappa shape index (κ3) is 2.91. The molecule has 0 unspecified atom stereocenters. The summed E-state index contributed by atoms with van der Waals surface area (Å²) in [7, 11) is 0. The van der Waals surface area contributed by atoms with E-state index in [1.54, 1.807) is 30.3 Å². The average molecular weight is 327 g/mol. The molecule has 0 fully saturated rings. The number of carbonyl (C=O) groups is 1. The minimum Gasteiger partial charge on any atom is -0.478 e. The summed E-state index contributed by atoms with van der Waals surface area (Å²) in [5, 5.41) is 9.17. The Morgan fingerprint density at radius 3 is 2.44 bits per heavy atom. The molecule has 5 heteroatoms. The van der Waals surface area contributed by atoms with Gasteiger partial charge >= 0.3 is 5.97 Å². The van der Waals surface area contributed by atoms with Crippen molar-refractivity contribution in [2.75, 3.05) is 0 Å². The Labute approximate surface area is 116 Å². The molecule has 92 valence electrons. The van der Waals surface area contributed by atoms with Crippen LogP contribution < -0.4 is 0 Å². The van der Waals surface area contributed by atoms with Crippen molar-refractivity contribution in [1.82, 2.24) is 0 Å². The van der Waals surface area contributed by atoms with Crippen LogP contribution in [0.3, 0.4) is 0 Å². The number of benzene rings is 2. The second kappa shape index (κ2) is 5.54. The molecular formula is C13H8BrFO2S. The first-order valence-corrected chi connectivity index (χ1v) is 6.64. The summed E-state index contributed by atoms with van der Waals surface area (Å²) in [5.41, 5.74) is 0.215. The van der Waals surface area contributed by atoms with E-state index >= 15 is 0 Å². The molecule has 0 aromatic heterocycles. The predicted octanol–water partition coefficient (Wildman–Crippen LogP) is 4.44. The molecule has 0 radical (unpaired) electrons. The van der Waals surface area contributed by atoms with Gasteiger partial charge in [0, 0.05) is 14.3 Å². The fraction of sp³-hybridized carbons (Fsp3) is 0. The number of carboxylic acids is 1. The van der Waals surface area contributed by atoms with Crippen LogP contribution in [0.4, 0.5) is 4.39 Å². The van der Waals surface area contributed by atoms with Crippen LogP contribution in [0.2, 0.25) is 0 Å². The quantitative estimate of drug-likeness (QED) is 0.906. The second-order valence-electron chi connectivity index (χ2n) is 3.47. The molecule has 2 rings (SSSR count). The van der Waals surface area contributed by atoms with Gasteiger partial charge in [0.25, 0.3) is 0 Å². The first-order chi connectivity index (χ1) is 8.58. The highest BCUT2D eigenvalue weighted by molar-refractivity contribution is 9.10. The lowest BCUT2D eigenvalue weighted by Gasteiger charge is -2.07. The molecule has 0 aliphatic carbocycles. The van der Waals surface area contributed by atoms with Crippen LogP contribution in [0.15, 0.2) is 56.7 Å². The van der Waals surface area contributed by atoms with Gasteiger partial charge in [-0.25, -0.2) is 9.18 Å². The van der Waals surface area contributed by atoms with E-state index in [4.69, 9.17) is 5.11 Å². The van der Waals surface area contributed by atoms with Crippen molar-refractivity contribution in [2.45, 2.75) is 9.79 Å². The van der Waals surface area contributed by atoms with Gasteiger partial charge in [0.1, 0.15) is 5.82 Å². The highest BCUT2D eigenvalue weighted by Crippen LogP contribution is 2.33. The van der Waals surface area contributed by atoms with E-state index in [0.717, 1.165) is 4.90 Å². The Balaban J connectivity index is 2.37. The summed E-state index contributed by atoms with van der Waals surface area (Å²) in [6, 6.07) is 11.1. The molecule has 0 aliphatic rings. The topological polar surface area (TPSA) is 37.3 Å². The number of hydrogen-bond acceptors (Lipinski definition) is 2. The van der Waals surface area contributed by atoms with E-state index in [2.05, 4.69) is 15.9 Å². The van der Waals surface area contributed by atoms with Crippen LogP contribution >= 0.6 is 27.7 Å². The summed E-state index contributed by atoms with van der Waals surface area (Å²) < 4.78 is 13.3. The zero-order chi connectivity index (χ0) is 13.1. The molecule has 0 saturated heterocycles. The van der Waals surface area contributed by atoms with Gasteiger partial charge in [-0.3, -0.25) is 0 Å². The summed E-state index contributed by atoms with van der Waals surface area (Å²) in [6.45, 7) is 0. The van der Waals surface area contributed by atoms with Crippen LogP contribution in [-0.2, 0) is 0 Å². The molecule has 2 aromatic rings. The van der Waals surface area contributed by atoms with Gasteiger partial charge in [-0.15, -0.1) is 0 Å². The average Bonchev–Trinajstić information content (AvgIpc) is 2.32. The fourth-order valence-corrected chi connectivity index (χ4v) is 3.07. The van der Waals surface area contributed by atoms with E-state index < -0.39 is 5.97 Å². The van der Waals surface area contributed by atoms with Gasteiger partial charge in [0.05, 0.1) is 5.56 Å². The van der Waals surface area contributed by atoms with Crippen molar-refractivity contribution < 1.29 is 14.3 Å². The van der Waals surface area contributed by atoms with Crippen LogP contribution in [-0.4, -0.2) is 11.1 Å². The molecule has 0 amide bonds. The summed E-state index contributed by atoms with van der Waals surface area (Å²) >= 11 is 4.51. The zero-order valence-corrected chi connectivity index (χ0v) is 11.5. The highest BCUT2D eigenvalue weighted by Gasteiger charge is 2.14. The molecule has 2 nitrogen and oxygen atoms in total. The molecule has 0 saturated carbocycles. The Morgan fingerprint density at radius 1 is 1.17 bits per heavy atom. The Bertz CT molecular complexity index is 584. The minimum atomic E-state index is -0.993. The summed E-state index contributed by atoms with van der Waals surface area (Å²) in [5.74, 6) is -1.31. The second-order valence-corrected chi connectivity index (χ2v) is 5.44. The molecule has 0 atom stereocenters. The number of rotatable bonds is 3. The van der Waals surface area contributed by atoms with Crippen LogP contribution in [0.1, 0.15) is 10.4 Å². The molecule has 2 aromatic carbocycles. The van der Waals surface area contributed by atoms with Crippen molar-refractivity contribution in [3.05, 3.63) is 58.3 Å². The fourth-order valence-electron chi connectivity index (χ4n) is 1.43. The lowest BCUT2D eigenvalue weighted by molar-refractivity contribution is 0.0692. The first kappa shape index (κ1) is 13.1. The largest absolute Gasteiger partial charge is 0.478 e. The van der Waals surface area contributed by atoms with Gasteiger partial charge in [0.2, 0.25) is 0 Å². The van der Waals surface area contributed by atoms with Crippen molar-refractivity contribution in [3.8, 4) is 0 Å². The lowest BCUT2D eigenvalue weighted by atomic mass is 10.2. The summed E-state index contributed by atoms with van der Waals surface area (Å²) in [4.78, 5) is 12.6. The van der Waals surface area contributed by atoms with Gasteiger partial charge in [-0.2, -0.15) is 0 Å². The van der Waals surface area contributed by atoms with Crippen molar-refractivity contribution in [3.63, 3.8) is 0 Å². The lowest BCUT2D eigenvalue weighted by Crippen LogP contribution is -1.99. The van der Waals surface area contributed by atoms with Crippen molar-refractivity contribution in [1.29, 1.82) is 0 Å². The zero-order valence-electron chi connectivity index (χ0n) is 9.06. The third-order valence-electron chi connectivity index (χ3n) is 2.23. The first-order valence-electron chi connectivity index (χ1n) is 5.03. The van der Waals surface area contributed by atoms with Crippen LogP contribution in [0.25, 0.3) is 0 Å². The molecular weight excluding hydrogens is 319 g/mol. The van der Waals surface area contributed by atoms with E-state index in [1.165, 1.54) is 23.9 Å². The molecule has 0 heterocycles. The van der Waals surface area contributed by atoms with Crippen molar-refractivity contribution in [2.24, 2.45) is 0 Å². The van der Waals surface area contributed by atoms with Gasteiger partial charge < -0.3 is 5.11 Å². The Kier molecular flexibility index (Phi) is 4.04.